The van der Waals surface area contributed by atoms with E-state index in [0.29, 0.717) is 13.1 Å². The van der Waals surface area contributed by atoms with Crippen molar-refractivity contribution in [3.8, 4) is 5.69 Å². The highest BCUT2D eigenvalue weighted by molar-refractivity contribution is 7.11. The monoisotopic (exact) mass is 355 g/mol. The van der Waals surface area contributed by atoms with Crippen LogP contribution in [0.5, 0.6) is 0 Å². The molecular formula is C17H21N7S. The summed E-state index contributed by atoms with van der Waals surface area (Å²) in [6, 6.07) is 8.16. The summed E-state index contributed by atoms with van der Waals surface area (Å²) in [5.41, 5.74) is 2.15. The lowest BCUT2D eigenvalue weighted by atomic mass is 10.2. The van der Waals surface area contributed by atoms with E-state index in [9.17, 15) is 0 Å². The van der Waals surface area contributed by atoms with Crippen LogP contribution in [-0.2, 0) is 19.5 Å². The summed E-state index contributed by atoms with van der Waals surface area (Å²) < 4.78 is 1.73. The van der Waals surface area contributed by atoms with Crippen molar-refractivity contribution in [1.82, 2.24) is 30.4 Å². The largest absolute Gasteiger partial charge is 0.352 e. The summed E-state index contributed by atoms with van der Waals surface area (Å²) in [5, 5.41) is 11.8. The number of aliphatic imine (C=N–C) groups is 1. The molecule has 0 saturated carbocycles. The minimum atomic E-state index is 0.676. The van der Waals surface area contributed by atoms with Crippen LogP contribution in [0.25, 0.3) is 5.69 Å². The Labute approximate surface area is 150 Å². The minimum Gasteiger partial charge on any atom is -0.352 e. The molecule has 0 spiro atoms. The van der Waals surface area contributed by atoms with Gasteiger partial charge in [0.15, 0.2) is 5.96 Å². The third kappa shape index (κ3) is 4.63. The molecule has 8 heteroatoms. The zero-order valence-corrected chi connectivity index (χ0v) is 15.1. The summed E-state index contributed by atoms with van der Waals surface area (Å²) in [5.74, 6) is 0.758. The number of benzene rings is 1. The summed E-state index contributed by atoms with van der Waals surface area (Å²) in [6.07, 6.45) is 6.17. The molecule has 0 amide bonds. The standard InChI is InChI=1S/C17H21N7S/c1-3-15-9-20-16(25-15)10-22-17(18-2)21-8-13-4-6-14(7-5-13)24-12-19-11-23-24/h4-7,9,11-12H,3,8,10H2,1-2H3,(H2,18,21,22). The van der Waals surface area contributed by atoms with Gasteiger partial charge in [0.1, 0.15) is 17.7 Å². The second-order valence-electron chi connectivity index (χ2n) is 5.36. The fourth-order valence-electron chi connectivity index (χ4n) is 2.27. The second kappa shape index (κ2) is 8.39. The molecule has 2 N–H and O–H groups in total. The quantitative estimate of drug-likeness (QED) is 0.523. The van der Waals surface area contributed by atoms with Gasteiger partial charge in [-0.25, -0.2) is 14.6 Å². The van der Waals surface area contributed by atoms with Crippen LogP contribution in [0.4, 0.5) is 0 Å². The zero-order valence-electron chi connectivity index (χ0n) is 14.3. The van der Waals surface area contributed by atoms with Gasteiger partial charge in [0, 0.05) is 24.7 Å². The molecular weight excluding hydrogens is 334 g/mol. The van der Waals surface area contributed by atoms with Crippen LogP contribution >= 0.6 is 11.3 Å². The van der Waals surface area contributed by atoms with Crippen LogP contribution in [0, 0.1) is 0 Å². The van der Waals surface area contributed by atoms with E-state index in [1.54, 1.807) is 29.4 Å². The van der Waals surface area contributed by atoms with E-state index in [-0.39, 0.29) is 0 Å². The van der Waals surface area contributed by atoms with Crippen LogP contribution in [0.1, 0.15) is 22.4 Å². The smallest absolute Gasteiger partial charge is 0.191 e. The molecule has 1 aromatic carbocycles. The number of aromatic nitrogens is 4. The Hall–Kier alpha value is -2.74. The molecule has 2 aromatic heterocycles. The van der Waals surface area contributed by atoms with E-state index in [1.165, 1.54) is 11.2 Å². The average Bonchev–Trinajstić information content (AvgIpc) is 3.34. The first kappa shape index (κ1) is 17.1. The number of thiazole rings is 1. The Morgan fingerprint density at radius 1 is 1.20 bits per heavy atom. The van der Waals surface area contributed by atoms with Crippen molar-refractivity contribution < 1.29 is 0 Å². The molecule has 3 aromatic rings. The van der Waals surface area contributed by atoms with E-state index in [2.05, 4.69) is 49.7 Å². The van der Waals surface area contributed by atoms with Gasteiger partial charge in [0.25, 0.3) is 0 Å². The number of guanidine groups is 1. The first-order valence-corrected chi connectivity index (χ1v) is 8.92. The van der Waals surface area contributed by atoms with Gasteiger partial charge in [-0.3, -0.25) is 4.99 Å². The van der Waals surface area contributed by atoms with E-state index in [1.807, 2.05) is 18.3 Å². The number of aryl methyl sites for hydroxylation is 1. The summed E-state index contributed by atoms with van der Waals surface area (Å²) in [7, 11) is 1.77. The maximum Gasteiger partial charge on any atom is 0.191 e. The zero-order chi connectivity index (χ0) is 17.5. The fraction of sp³-hybridized carbons (Fsp3) is 0.294. The Balaban J connectivity index is 1.50. The van der Waals surface area contributed by atoms with E-state index in [4.69, 9.17) is 0 Å². The van der Waals surface area contributed by atoms with Crippen molar-refractivity contribution in [3.63, 3.8) is 0 Å². The van der Waals surface area contributed by atoms with Gasteiger partial charge in [-0.2, -0.15) is 5.10 Å². The molecule has 2 heterocycles. The molecule has 0 atom stereocenters. The SMILES string of the molecule is CCc1cnc(CNC(=NC)NCc2ccc(-n3cncn3)cc2)s1. The van der Waals surface area contributed by atoms with Crippen molar-refractivity contribution in [1.29, 1.82) is 0 Å². The average molecular weight is 355 g/mol. The van der Waals surface area contributed by atoms with Crippen LogP contribution in [0.2, 0.25) is 0 Å². The second-order valence-corrected chi connectivity index (χ2v) is 6.56. The molecule has 0 aliphatic rings. The van der Waals surface area contributed by atoms with E-state index < -0.39 is 0 Å². The molecule has 0 aliphatic carbocycles. The molecule has 0 aliphatic heterocycles. The van der Waals surface area contributed by atoms with Gasteiger partial charge in [-0.1, -0.05) is 19.1 Å². The highest BCUT2D eigenvalue weighted by Gasteiger charge is 2.03. The van der Waals surface area contributed by atoms with Gasteiger partial charge >= 0.3 is 0 Å². The molecule has 0 unspecified atom stereocenters. The number of hydrogen-bond donors (Lipinski definition) is 2. The van der Waals surface area contributed by atoms with Gasteiger partial charge < -0.3 is 10.6 Å². The number of hydrogen-bond acceptors (Lipinski definition) is 5. The Morgan fingerprint density at radius 2 is 2.00 bits per heavy atom. The lowest BCUT2D eigenvalue weighted by Crippen LogP contribution is -2.36. The van der Waals surface area contributed by atoms with Crippen LogP contribution < -0.4 is 10.6 Å². The van der Waals surface area contributed by atoms with Crippen molar-refractivity contribution in [3.05, 3.63) is 58.6 Å². The highest BCUT2D eigenvalue weighted by Crippen LogP contribution is 2.12. The van der Waals surface area contributed by atoms with E-state index >= 15 is 0 Å². The minimum absolute atomic E-state index is 0.676. The molecule has 130 valence electrons. The van der Waals surface area contributed by atoms with Crippen molar-refractivity contribution >= 4 is 17.3 Å². The third-order valence-electron chi connectivity index (χ3n) is 3.66. The van der Waals surface area contributed by atoms with Crippen LogP contribution in [-0.4, -0.2) is 32.8 Å². The number of rotatable bonds is 6. The van der Waals surface area contributed by atoms with Crippen LogP contribution in [0.3, 0.4) is 0 Å². The topological polar surface area (TPSA) is 80.0 Å². The van der Waals surface area contributed by atoms with Gasteiger partial charge in [-0.05, 0) is 24.1 Å². The molecule has 0 bridgehead atoms. The highest BCUT2D eigenvalue weighted by atomic mass is 32.1. The van der Waals surface area contributed by atoms with Crippen molar-refractivity contribution in [2.24, 2.45) is 4.99 Å². The molecule has 0 radical (unpaired) electrons. The Bertz CT molecular complexity index is 806. The first-order valence-electron chi connectivity index (χ1n) is 8.10. The van der Waals surface area contributed by atoms with Gasteiger partial charge in [0.05, 0.1) is 12.2 Å². The van der Waals surface area contributed by atoms with Gasteiger partial charge in [0.2, 0.25) is 0 Å². The lowest BCUT2D eigenvalue weighted by Gasteiger charge is -2.11. The Morgan fingerprint density at radius 3 is 2.64 bits per heavy atom. The summed E-state index contributed by atoms with van der Waals surface area (Å²) in [4.78, 5) is 13.9. The van der Waals surface area contributed by atoms with E-state index in [0.717, 1.165) is 28.6 Å². The van der Waals surface area contributed by atoms with Gasteiger partial charge in [-0.15, -0.1) is 11.3 Å². The third-order valence-corrected chi connectivity index (χ3v) is 4.80. The number of nitrogens with zero attached hydrogens (tertiary/aromatic N) is 5. The fourth-order valence-corrected chi connectivity index (χ4v) is 3.07. The molecule has 7 nitrogen and oxygen atoms in total. The predicted octanol–water partition coefficient (Wildman–Crippen LogP) is 2.15. The molecule has 0 saturated heterocycles. The molecule has 3 rings (SSSR count). The van der Waals surface area contributed by atoms with Crippen LogP contribution in [0.15, 0.2) is 48.1 Å². The maximum absolute atomic E-state index is 4.41. The Kier molecular flexibility index (Phi) is 5.73. The predicted molar refractivity (Wildman–Crippen MR) is 99.9 cm³/mol. The lowest BCUT2D eigenvalue weighted by molar-refractivity contribution is 0.804. The summed E-state index contributed by atoms with van der Waals surface area (Å²) in [6.45, 7) is 3.50. The normalized spacial score (nSPS) is 11.5. The number of nitrogens with one attached hydrogen (secondary N) is 2. The summed E-state index contributed by atoms with van der Waals surface area (Å²) >= 11 is 1.73. The first-order chi connectivity index (χ1) is 12.3. The van der Waals surface area contributed by atoms with Crippen molar-refractivity contribution in [2.75, 3.05) is 7.05 Å². The van der Waals surface area contributed by atoms with Crippen molar-refractivity contribution in [2.45, 2.75) is 26.4 Å². The molecule has 25 heavy (non-hydrogen) atoms. The molecule has 0 fully saturated rings. The maximum atomic E-state index is 4.41.